The van der Waals surface area contributed by atoms with Gasteiger partial charge in [-0.15, -0.1) is 0 Å². The predicted molar refractivity (Wildman–Crippen MR) is 62.2 cm³/mol. The molecule has 1 heterocycles. The second kappa shape index (κ2) is 5.14. The van der Waals surface area contributed by atoms with Gasteiger partial charge in [0.2, 0.25) is 0 Å². The van der Waals surface area contributed by atoms with E-state index in [-0.39, 0.29) is 0 Å². The van der Waals surface area contributed by atoms with Gasteiger partial charge in [-0.25, -0.2) is 0 Å². The Labute approximate surface area is 98.6 Å². The van der Waals surface area contributed by atoms with Crippen LogP contribution < -0.4 is 0 Å². The number of ether oxygens (including phenoxy) is 1. The monoisotopic (exact) mass is 246 g/mol. The molecule has 4 nitrogen and oxygen atoms in total. The third-order valence-electron chi connectivity index (χ3n) is 3.90. The highest BCUT2D eigenvalue weighted by Gasteiger charge is 2.45. The van der Waals surface area contributed by atoms with Crippen LogP contribution in [-0.4, -0.2) is 42.3 Å². The van der Waals surface area contributed by atoms with E-state index in [0.29, 0.717) is 12.2 Å². The number of rotatable bonds is 6. The highest BCUT2D eigenvalue weighted by molar-refractivity contribution is 6.60. The standard InChI is InChI=1S/C11H22O4Si/c1-12-16(13-2,14-3)7-6-9-4-5-10-11(8-9)15-10/h9-11H,4-8H2,1-3H3/t9?,10?,11-/m1/s1. The second-order valence-electron chi connectivity index (χ2n) is 4.73. The Balaban J connectivity index is 1.76. The van der Waals surface area contributed by atoms with Gasteiger partial charge in [0.1, 0.15) is 0 Å². The average molecular weight is 246 g/mol. The van der Waals surface area contributed by atoms with E-state index in [1.165, 1.54) is 19.3 Å². The van der Waals surface area contributed by atoms with Crippen LogP contribution in [0.4, 0.5) is 0 Å². The van der Waals surface area contributed by atoms with Crippen LogP contribution in [0.3, 0.4) is 0 Å². The van der Waals surface area contributed by atoms with Gasteiger partial charge in [-0.3, -0.25) is 0 Å². The van der Waals surface area contributed by atoms with E-state index in [1.54, 1.807) is 21.3 Å². The molecule has 2 rings (SSSR count). The summed E-state index contributed by atoms with van der Waals surface area (Å²) in [6, 6.07) is 0.915. The van der Waals surface area contributed by atoms with E-state index in [0.717, 1.165) is 18.4 Å². The minimum absolute atomic E-state index is 0.558. The molecule has 0 aromatic carbocycles. The fourth-order valence-electron chi connectivity index (χ4n) is 2.69. The Morgan fingerprint density at radius 2 is 1.75 bits per heavy atom. The number of hydrogen-bond acceptors (Lipinski definition) is 4. The minimum Gasteiger partial charge on any atom is -0.377 e. The van der Waals surface area contributed by atoms with Crippen LogP contribution in [0.5, 0.6) is 0 Å². The molecule has 1 aliphatic heterocycles. The van der Waals surface area contributed by atoms with Crippen molar-refractivity contribution in [2.24, 2.45) is 5.92 Å². The summed E-state index contributed by atoms with van der Waals surface area (Å²) in [5.41, 5.74) is 0. The highest BCUT2D eigenvalue weighted by atomic mass is 28.4. The third-order valence-corrected chi connectivity index (χ3v) is 6.67. The molecule has 3 atom stereocenters. The average Bonchev–Trinajstić information content (AvgIpc) is 3.10. The first kappa shape index (κ1) is 12.5. The Morgan fingerprint density at radius 1 is 1.06 bits per heavy atom. The summed E-state index contributed by atoms with van der Waals surface area (Å²) in [5, 5.41) is 0. The van der Waals surface area contributed by atoms with Crippen molar-refractivity contribution in [3.8, 4) is 0 Å². The van der Waals surface area contributed by atoms with Crippen LogP contribution in [-0.2, 0) is 18.0 Å². The zero-order valence-corrected chi connectivity index (χ0v) is 11.4. The normalized spacial score (nSPS) is 33.6. The van der Waals surface area contributed by atoms with Gasteiger partial charge >= 0.3 is 8.80 Å². The minimum atomic E-state index is -2.35. The van der Waals surface area contributed by atoms with E-state index < -0.39 is 8.80 Å². The third kappa shape index (κ3) is 2.65. The molecular weight excluding hydrogens is 224 g/mol. The smallest absolute Gasteiger partial charge is 0.377 e. The Kier molecular flexibility index (Phi) is 4.02. The fourth-order valence-corrected chi connectivity index (χ4v) is 4.56. The summed E-state index contributed by atoms with van der Waals surface area (Å²) in [5.74, 6) is 0.760. The predicted octanol–water partition coefficient (Wildman–Crippen LogP) is 1.82. The maximum Gasteiger partial charge on any atom is 0.500 e. The van der Waals surface area contributed by atoms with Crippen molar-refractivity contribution >= 4 is 8.80 Å². The second-order valence-corrected chi connectivity index (χ2v) is 7.82. The lowest BCUT2D eigenvalue weighted by atomic mass is 9.88. The first-order valence-electron chi connectivity index (χ1n) is 6.04. The van der Waals surface area contributed by atoms with Crippen molar-refractivity contribution in [3.63, 3.8) is 0 Å². The van der Waals surface area contributed by atoms with Crippen molar-refractivity contribution < 1.29 is 18.0 Å². The molecule has 0 bridgehead atoms. The molecule has 1 saturated heterocycles. The molecule has 1 aliphatic carbocycles. The maximum atomic E-state index is 5.54. The largest absolute Gasteiger partial charge is 0.500 e. The van der Waals surface area contributed by atoms with Gasteiger partial charge in [-0.05, 0) is 31.6 Å². The maximum absolute atomic E-state index is 5.54. The van der Waals surface area contributed by atoms with Crippen molar-refractivity contribution in [2.75, 3.05) is 21.3 Å². The lowest BCUT2D eigenvalue weighted by Gasteiger charge is -2.27. The van der Waals surface area contributed by atoms with E-state index in [9.17, 15) is 0 Å². The van der Waals surface area contributed by atoms with Crippen LogP contribution in [0.15, 0.2) is 0 Å². The van der Waals surface area contributed by atoms with E-state index in [4.69, 9.17) is 18.0 Å². The number of fused-ring (bicyclic) bond motifs is 1. The van der Waals surface area contributed by atoms with Crippen LogP contribution >= 0.6 is 0 Å². The zero-order valence-electron chi connectivity index (χ0n) is 10.4. The first-order valence-corrected chi connectivity index (χ1v) is 7.97. The van der Waals surface area contributed by atoms with Crippen LogP contribution in [0.2, 0.25) is 6.04 Å². The molecule has 1 saturated carbocycles. The van der Waals surface area contributed by atoms with E-state index in [1.807, 2.05) is 0 Å². The van der Waals surface area contributed by atoms with E-state index in [2.05, 4.69) is 0 Å². The van der Waals surface area contributed by atoms with Crippen molar-refractivity contribution in [1.82, 2.24) is 0 Å². The Bertz CT molecular complexity index is 224. The van der Waals surface area contributed by atoms with Gasteiger partial charge in [0.25, 0.3) is 0 Å². The first-order chi connectivity index (χ1) is 7.73. The molecule has 16 heavy (non-hydrogen) atoms. The van der Waals surface area contributed by atoms with Gasteiger partial charge < -0.3 is 18.0 Å². The molecule has 0 amide bonds. The van der Waals surface area contributed by atoms with Gasteiger partial charge in [0.15, 0.2) is 0 Å². The molecule has 5 heteroatoms. The lowest BCUT2D eigenvalue weighted by Crippen LogP contribution is -2.43. The molecule has 0 aromatic rings. The van der Waals surface area contributed by atoms with E-state index >= 15 is 0 Å². The molecule has 0 radical (unpaired) electrons. The molecule has 94 valence electrons. The topological polar surface area (TPSA) is 40.2 Å². The summed E-state index contributed by atoms with van der Waals surface area (Å²) >= 11 is 0. The van der Waals surface area contributed by atoms with Gasteiger partial charge in [0.05, 0.1) is 12.2 Å². The molecule has 2 fully saturated rings. The lowest BCUT2D eigenvalue weighted by molar-refractivity contribution is 0.120. The molecule has 0 aromatic heterocycles. The Hall–Kier alpha value is 0.0569. The highest BCUT2D eigenvalue weighted by Crippen LogP contribution is 2.41. The number of hydrogen-bond donors (Lipinski definition) is 0. The molecular formula is C11H22O4Si. The quantitative estimate of drug-likeness (QED) is 0.529. The summed E-state index contributed by atoms with van der Waals surface area (Å²) in [4.78, 5) is 0. The van der Waals surface area contributed by atoms with Crippen molar-refractivity contribution in [3.05, 3.63) is 0 Å². The van der Waals surface area contributed by atoms with Gasteiger partial charge in [-0.1, -0.05) is 0 Å². The fraction of sp³-hybridized carbons (Fsp3) is 1.00. The molecule has 2 unspecified atom stereocenters. The number of epoxide rings is 1. The summed E-state index contributed by atoms with van der Waals surface area (Å²) in [6.07, 6.45) is 6.01. The summed E-state index contributed by atoms with van der Waals surface area (Å²) in [7, 11) is 2.69. The van der Waals surface area contributed by atoms with Gasteiger partial charge in [-0.2, -0.15) is 0 Å². The Morgan fingerprint density at radius 3 is 2.31 bits per heavy atom. The van der Waals surface area contributed by atoms with Crippen molar-refractivity contribution in [2.45, 2.75) is 43.9 Å². The molecule has 0 spiro atoms. The summed E-state index contributed by atoms with van der Waals surface area (Å²) < 4.78 is 21.8. The zero-order chi connectivity index (χ0) is 11.6. The van der Waals surface area contributed by atoms with Crippen LogP contribution in [0.1, 0.15) is 25.7 Å². The van der Waals surface area contributed by atoms with Gasteiger partial charge in [0, 0.05) is 27.4 Å². The van der Waals surface area contributed by atoms with Crippen molar-refractivity contribution in [1.29, 1.82) is 0 Å². The van der Waals surface area contributed by atoms with Crippen LogP contribution in [0.25, 0.3) is 0 Å². The van der Waals surface area contributed by atoms with Crippen LogP contribution in [0, 0.1) is 5.92 Å². The summed E-state index contributed by atoms with van der Waals surface area (Å²) in [6.45, 7) is 0. The SMILES string of the molecule is CO[Si](CCC1CCC2O[C@@H]2C1)(OC)OC. The molecule has 0 N–H and O–H groups in total. The molecule has 2 aliphatic rings.